The second-order valence-corrected chi connectivity index (χ2v) is 6.37. The Morgan fingerprint density at radius 3 is 2.60 bits per heavy atom. The van der Waals surface area contributed by atoms with E-state index in [0.717, 1.165) is 11.4 Å². The predicted octanol–water partition coefficient (Wildman–Crippen LogP) is 1.15. The Labute approximate surface area is 126 Å². The number of benzene rings is 1. The van der Waals surface area contributed by atoms with E-state index in [9.17, 15) is 4.79 Å². The molecule has 0 aliphatic rings. The lowest BCUT2D eigenvalue weighted by atomic mass is 10.1. The van der Waals surface area contributed by atoms with Crippen LogP contribution in [0.3, 0.4) is 0 Å². The van der Waals surface area contributed by atoms with Gasteiger partial charge in [0.05, 0.1) is 12.1 Å². The van der Waals surface area contributed by atoms with Gasteiger partial charge < -0.3 is 15.0 Å². The van der Waals surface area contributed by atoms with Crippen molar-refractivity contribution < 1.29 is 14.4 Å². The molecule has 1 unspecified atom stereocenters. The van der Waals surface area contributed by atoms with Gasteiger partial charge in [-0.2, -0.15) is 0 Å². The van der Waals surface area contributed by atoms with E-state index in [2.05, 4.69) is 5.32 Å². The van der Waals surface area contributed by atoms with Crippen molar-refractivity contribution in [2.45, 2.75) is 26.3 Å². The molecule has 0 radical (unpaired) electrons. The molecule has 1 atom stereocenters. The minimum atomic E-state index is -0.189. The van der Waals surface area contributed by atoms with Gasteiger partial charge in [0.15, 0.2) is 6.54 Å². The average molecular weight is 300 g/mol. The summed E-state index contributed by atoms with van der Waals surface area (Å²) in [6.07, 6.45) is 0. The maximum absolute atomic E-state index is 11.8. The molecule has 0 aliphatic carbocycles. The summed E-state index contributed by atoms with van der Waals surface area (Å²) < 4.78 is 5.61. The number of hydrogen-bond donors (Lipinski definition) is 2. The number of halogens is 1. The van der Waals surface area contributed by atoms with Crippen LogP contribution in [0.25, 0.3) is 0 Å². The maximum atomic E-state index is 11.8. The Bertz CT molecular complexity index is 444. The monoisotopic (exact) mass is 299 g/mol. The summed E-state index contributed by atoms with van der Waals surface area (Å²) in [4.78, 5) is 12.9. The van der Waals surface area contributed by atoms with E-state index in [-0.39, 0.29) is 11.4 Å². The van der Waals surface area contributed by atoms with Crippen LogP contribution in [0.1, 0.15) is 20.8 Å². The largest absolute Gasteiger partial charge is 0.486 e. The van der Waals surface area contributed by atoms with Gasteiger partial charge in [0.2, 0.25) is 0 Å². The normalized spacial score (nSPS) is 12.8. The number of carbonyl (C=O) groups excluding carboxylic acids is 1. The molecule has 0 bridgehead atoms. The molecule has 1 aromatic rings. The van der Waals surface area contributed by atoms with Crippen LogP contribution in [0.5, 0.6) is 5.75 Å². The van der Waals surface area contributed by atoms with E-state index >= 15 is 0 Å². The quantitative estimate of drug-likeness (QED) is 0.827. The van der Waals surface area contributed by atoms with Crippen molar-refractivity contribution >= 4 is 17.5 Å². The van der Waals surface area contributed by atoms with Gasteiger partial charge in [-0.05, 0) is 32.9 Å². The van der Waals surface area contributed by atoms with E-state index in [4.69, 9.17) is 16.3 Å². The summed E-state index contributed by atoms with van der Waals surface area (Å²) in [6, 6.07) is 7.38. The van der Waals surface area contributed by atoms with Gasteiger partial charge in [0.1, 0.15) is 18.9 Å². The highest BCUT2D eigenvalue weighted by Crippen LogP contribution is 2.22. The van der Waals surface area contributed by atoms with Crippen molar-refractivity contribution in [1.82, 2.24) is 5.32 Å². The van der Waals surface area contributed by atoms with Crippen LogP contribution >= 0.6 is 11.6 Å². The number of hydrogen-bond acceptors (Lipinski definition) is 2. The van der Waals surface area contributed by atoms with Gasteiger partial charge in [-0.25, -0.2) is 0 Å². The van der Waals surface area contributed by atoms with Gasteiger partial charge >= 0.3 is 0 Å². The van der Waals surface area contributed by atoms with Gasteiger partial charge in [0, 0.05) is 5.54 Å². The topological polar surface area (TPSA) is 42.8 Å². The van der Waals surface area contributed by atoms with Gasteiger partial charge in [-0.1, -0.05) is 23.7 Å². The van der Waals surface area contributed by atoms with E-state index in [1.54, 1.807) is 6.07 Å². The second kappa shape index (κ2) is 7.50. The number of nitrogens with one attached hydrogen (secondary N) is 2. The molecule has 0 aromatic heterocycles. The first-order valence-corrected chi connectivity index (χ1v) is 7.15. The summed E-state index contributed by atoms with van der Waals surface area (Å²) in [6.45, 7) is 7.62. The number of amides is 1. The van der Waals surface area contributed by atoms with Crippen LogP contribution in [0, 0.1) is 0 Å². The molecule has 0 aliphatic heterocycles. The minimum absolute atomic E-state index is 0.0488. The van der Waals surface area contributed by atoms with E-state index < -0.39 is 0 Å². The molecule has 0 saturated carbocycles. The van der Waals surface area contributed by atoms with Gasteiger partial charge in [-0.3, -0.25) is 4.79 Å². The Hall–Kier alpha value is -1.26. The minimum Gasteiger partial charge on any atom is -0.486 e. The molecule has 1 amide bonds. The van der Waals surface area contributed by atoms with E-state index in [1.807, 2.05) is 46.0 Å². The third-order valence-electron chi connectivity index (χ3n) is 2.60. The SMILES string of the molecule is C[NH+](CCOc1ccccc1Cl)CC(=O)NC(C)(C)C. The number of likely N-dealkylation sites (N-methyl/N-ethyl adjacent to an activating group) is 1. The van der Waals surface area contributed by atoms with Crippen molar-refractivity contribution in [3.63, 3.8) is 0 Å². The van der Waals surface area contributed by atoms with Crippen molar-refractivity contribution in [1.29, 1.82) is 0 Å². The highest BCUT2D eigenvalue weighted by molar-refractivity contribution is 6.32. The average Bonchev–Trinajstić information content (AvgIpc) is 2.28. The highest BCUT2D eigenvalue weighted by atomic mass is 35.5. The van der Waals surface area contributed by atoms with Crippen LogP contribution < -0.4 is 15.0 Å². The second-order valence-electron chi connectivity index (χ2n) is 5.96. The van der Waals surface area contributed by atoms with Crippen LogP contribution in [-0.2, 0) is 4.79 Å². The zero-order valence-corrected chi connectivity index (χ0v) is 13.4. The van der Waals surface area contributed by atoms with E-state index in [1.165, 1.54) is 0 Å². The molecule has 0 spiro atoms. The molecule has 1 rings (SSSR count). The van der Waals surface area contributed by atoms with Crippen molar-refractivity contribution in [3.05, 3.63) is 29.3 Å². The third kappa shape index (κ3) is 6.78. The lowest BCUT2D eigenvalue weighted by Gasteiger charge is -2.22. The summed E-state index contributed by atoms with van der Waals surface area (Å²) in [7, 11) is 1.97. The number of quaternary nitrogens is 1. The van der Waals surface area contributed by atoms with Crippen molar-refractivity contribution in [2.24, 2.45) is 0 Å². The summed E-state index contributed by atoms with van der Waals surface area (Å²) in [5.74, 6) is 0.730. The zero-order valence-electron chi connectivity index (χ0n) is 12.6. The molecular formula is C15H24ClN2O2+. The molecule has 0 fully saturated rings. The highest BCUT2D eigenvalue weighted by Gasteiger charge is 2.16. The fourth-order valence-electron chi connectivity index (χ4n) is 1.72. The molecule has 0 saturated heterocycles. The Balaban J connectivity index is 2.28. The smallest absolute Gasteiger partial charge is 0.275 e. The first-order valence-electron chi connectivity index (χ1n) is 6.77. The Kier molecular flexibility index (Phi) is 6.30. The van der Waals surface area contributed by atoms with Crippen LogP contribution in [0.4, 0.5) is 0 Å². The molecule has 4 nitrogen and oxygen atoms in total. The lowest BCUT2D eigenvalue weighted by Crippen LogP contribution is -3.11. The predicted molar refractivity (Wildman–Crippen MR) is 81.5 cm³/mol. The fraction of sp³-hybridized carbons (Fsp3) is 0.533. The van der Waals surface area contributed by atoms with Crippen molar-refractivity contribution in [2.75, 3.05) is 26.7 Å². The first kappa shape index (κ1) is 16.8. The zero-order chi connectivity index (χ0) is 15.2. The summed E-state index contributed by atoms with van der Waals surface area (Å²) in [5.41, 5.74) is -0.189. The molecule has 1 aromatic carbocycles. The number of para-hydroxylation sites is 1. The summed E-state index contributed by atoms with van der Waals surface area (Å²) >= 11 is 6.00. The van der Waals surface area contributed by atoms with Crippen LogP contribution in [0.2, 0.25) is 5.02 Å². The molecule has 2 N–H and O–H groups in total. The third-order valence-corrected chi connectivity index (χ3v) is 2.91. The van der Waals surface area contributed by atoms with E-state index in [0.29, 0.717) is 23.9 Å². The molecule has 5 heteroatoms. The molecule has 20 heavy (non-hydrogen) atoms. The first-order chi connectivity index (χ1) is 9.28. The molecular weight excluding hydrogens is 276 g/mol. The lowest BCUT2D eigenvalue weighted by molar-refractivity contribution is -0.871. The molecule has 0 heterocycles. The van der Waals surface area contributed by atoms with Gasteiger partial charge in [-0.15, -0.1) is 0 Å². The standard InChI is InChI=1S/C15H23ClN2O2/c1-15(2,3)17-14(19)11-18(4)9-10-20-13-8-6-5-7-12(13)16/h5-8H,9-11H2,1-4H3,(H,17,19)/p+1. The van der Waals surface area contributed by atoms with Crippen molar-refractivity contribution in [3.8, 4) is 5.75 Å². The van der Waals surface area contributed by atoms with Crippen LogP contribution in [-0.4, -0.2) is 38.2 Å². The number of carbonyl (C=O) groups is 1. The maximum Gasteiger partial charge on any atom is 0.275 e. The van der Waals surface area contributed by atoms with Gasteiger partial charge in [0.25, 0.3) is 5.91 Å². The molecule has 112 valence electrons. The number of rotatable bonds is 6. The Morgan fingerprint density at radius 1 is 1.35 bits per heavy atom. The van der Waals surface area contributed by atoms with Crippen LogP contribution in [0.15, 0.2) is 24.3 Å². The fourth-order valence-corrected chi connectivity index (χ4v) is 1.91. The Morgan fingerprint density at radius 2 is 2.00 bits per heavy atom. The number of ether oxygens (including phenoxy) is 1. The summed E-state index contributed by atoms with van der Waals surface area (Å²) in [5, 5.41) is 3.55.